The number of sulfonamides is 1. The number of primary sulfonamides is 1. The highest BCUT2D eigenvalue weighted by Crippen LogP contribution is 2.30. The minimum absolute atomic E-state index is 0.145. The number of nitrogens with two attached hydrogens (primary N) is 1. The first-order chi connectivity index (χ1) is 7.25. The number of hydrogen-bond acceptors (Lipinski definition) is 2. The molecule has 2 N–H and O–H groups in total. The smallest absolute Gasteiger partial charge is 0.225 e. The summed E-state index contributed by atoms with van der Waals surface area (Å²) in [5.74, 6) is 0.291. The van der Waals surface area contributed by atoms with E-state index in [9.17, 15) is 8.42 Å². The van der Waals surface area contributed by atoms with Crippen LogP contribution in [0.25, 0.3) is 0 Å². The van der Waals surface area contributed by atoms with Crippen LogP contribution >= 0.6 is 0 Å². The van der Waals surface area contributed by atoms with E-state index in [4.69, 9.17) is 5.14 Å². The highest BCUT2D eigenvalue weighted by Gasteiger charge is 2.21. The Kier molecular flexibility index (Phi) is 3.76. The van der Waals surface area contributed by atoms with Crippen LogP contribution < -0.4 is 5.14 Å². The fourth-order valence-electron chi connectivity index (χ4n) is 1.81. The number of rotatable bonds is 3. The van der Waals surface area contributed by atoms with Crippen LogP contribution in [-0.2, 0) is 10.0 Å². The molecule has 0 atom stereocenters. The van der Waals surface area contributed by atoms with Gasteiger partial charge in [0, 0.05) is 0 Å². The van der Waals surface area contributed by atoms with Crippen molar-refractivity contribution < 1.29 is 8.42 Å². The van der Waals surface area contributed by atoms with Gasteiger partial charge in [0.1, 0.15) is 0 Å². The lowest BCUT2D eigenvalue weighted by Gasteiger charge is -2.17. The summed E-state index contributed by atoms with van der Waals surface area (Å²) in [7, 11) is -3.65. The van der Waals surface area contributed by atoms with Gasteiger partial charge in [-0.25, -0.2) is 13.6 Å². The molecule has 0 amide bonds. The number of hydrogen-bond donors (Lipinski definition) is 1. The molecule has 0 aromatic heterocycles. The fourth-order valence-corrected chi connectivity index (χ4v) is 3.08. The van der Waals surface area contributed by atoms with E-state index >= 15 is 0 Å². The second kappa shape index (κ2) is 4.55. The predicted octanol–water partition coefficient (Wildman–Crippen LogP) is 2.58. The predicted molar refractivity (Wildman–Crippen MR) is 66.0 cm³/mol. The molecular formula is C12H19NO2S. The molecule has 0 aliphatic rings. The molecule has 0 saturated carbocycles. The van der Waals surface area contributed by atoms with Crippen molar-refractivity contribution in [3.8, 4) is 0 Å². The number of benzene rings is 1. The minimum Gasteiger partial charge on any atom is -0.225 e. The molecule has 0 heterocycles. The highest BCUT2D eigenvalue weighted by atomic mass is 32.2. The summed E-state index contributed by atoms with van der Waals surface area (Å²) in [4.78, 5) is 0.306. The van der Waals surface area contributed by atoms with Crippen molar-refractivity contribution in [2.75, 3.05) is 0 Å². The maximum absolute atomic E-state index is 11.7. The monoisotopic (exact) mass is 241 g/mol. The van der Waals surface area contributed by atoms with Gasteiger partial charge in [0.25, 0.3) is 0 Å². The van der Waals surface area contributed by atoms with Crippen LogP contribution in [-0.4, -0.2) is 8.42 Å². The molecule has 1 aromatic carbocycles. The summed E-state index contributed by atoms with van der Waals surface area (Å²) in [6.45, 7) is 7.87. The van der Waals surface area contributed by atoms with Gasteiger partial charge < -0.3 is 0 Å². The average molecular weight is 241 g/mol. The molecule has 0 spiro atoms. The molecule has 1 aromatic rings. The van der Waals surface area contributed by atoms with E-state index < -0.39 is 10.0 Å². The molecule has 16 heavy (non-hydrogen) atoms. The lowest BCUT2D eigenvalue weighted by Crippen LogP contribution is -2.18. The molecule has 0 unspecified atom stereocenters. The van der Waals surface area contributed by atoms with Gasteiger partial charge >= 0.3 is 0 Å². The second-order valence-electron chi connectivity index (χ2n) is 4.62. The van der Waals surface area contributed by atoms with Gasteiger partial charge in [-0.2, -0.15) is 0 Å². The van der Waals surface area contributed by atoms with Crippen LogP contribution in [0.1, 0.15) is 50.7 Å². The van der Waals surface area contributed by atoms with Crippen LogP contribution in [0.5, 0.6) is 0 Å². The molecule has 90 valence electrons. The van der Waals surface area contributed by atoms with Crippen molar-refractivity contribution in [1.82, 2.24) is 0 Å². The summed E-state index contributed by atoms with van der Waals surface area (Å²) in [5, 5.41) is 5.31. The van der Waals surface area contributed by atoms with Gasteiger partial charge in [0.15, 0.2) is 0 Å². The Hall–Kier alpha value is -0.870. The zero-order valence-electron chi connectivity index (χ0n) is 10.2. The molecule has 0 aliphatic heterocycles. The third kappa shape index (κ3) is 2.62. The van der Waals surface area contributed by atoms with Crippen molar-refractivity contribution in [2.24, 2.45) is 5.14 Å². The molecule has 0 bridgehead atoms. The van der Waals surface area contributed by atoms with Crippen LogP contribution in [0.3, 0.4) is 0 Å². The standard InChI is InChI=1S/C12H19NO2S/c1-8(2)10-6-5-7-11(9(3)4)12(10)16(13,14)15/h5-9H,1-4H3,(H2,13,14,15). The highest BCUT2D eigenvalue weighted by molar-refractivity contribution is 7.89. The van der Waals surface area contributed by atoms with Crippen LogP contribution in [0.4, 0.5) is 0 Å². The van der Waals surface area contributed by atoms with E-state index in [2.05, 4.69) is 0 Å². The van der Waals surface area contributed by atoms with Crippen molar-refractivity contribution in [1.29, 1.82) is 0 Å². The maximum atomic E-state index is 11.7. The third-order valence-corrected chi connectivity index (χ3v) is 3.64. The normalized spacial score (nSPS) is 12.4. The Morgan fingerprint density at radius 1 is 1.00 bits per heavy atom. The third-order valence-electron chi connectivity index (χ3n) is 2.60. The van der Waals surface area contributed by atoms with Gasteiger partial charge in [0.05, 0.1) is 4.90 Å². The van der Waals surface area contributed by atoms with E-state index in [1.807, 2.05) is 45.9 Å². The van der Waals surface area contributed by atoms with E-state index in [0.717, 1.165) is 11.1 Å². The second-order valence-corrected chi connectivity index (χ2v) is 6.12. The molecule has 4 heteroatoms. The quantitative estimate of drug-likeness (QED) is 0.884. The maximum Gasteiger partial charge on any atom is 0.238 e. The SMILES string of the molecule is CC(C)c1cccc(C(C)C)c1S(N)(=O)=O. The summed E-state index contributed by atoms with van der Waals surface area (Å²) >= 11 is 0. The molecule has 0 saturated heterocycles. The van der Waals surface area contributed by atoms with Gasteiger partial charge in [0.2, 0.25) is 10.0 Å². The molecule has 0 aliphatic carbocycles. The van der Waals surface area contributed by atoms with Crippen LogP contribution in [0, 0.1) is 0 Å². The van der Waals surface area contributed by atoms with Gasteiger partial charge in [-0.15, -0.1) is 0 Å². The van der Waals surface area contributed by atoms with Crippen molar-refractivity contribution in [2.45, 2.75) is 44.4 Å². The van der Waals surface area contributed by atoms with Crippen molar-refractivity contribution in [3.05, 3.63) is 29.3 Å². The van der Waals surface area contributed by atoms with Gasteiger partial charge in [-0.1, -0.05) is 45.9 Å². The Morgan fingerprint density at radius 2 is 1.38 bits per heavy atom. The first kappa shape index (κ1) is 13.2. The largest absolute Gasteiger partial charge is 0.238 e. The lowest BCUT2D eigenvalue weighted by molar-refractivity contribution is 0.592. The summed E-state index contributed by atoms with van der Waals surface area (Å²) in [5.41, 5.74) is 1.60. The zero-order chi connectivity index (χ0) is 12.5. The summed E-state index contributed by atoms with van der Waals surface area (Å²) < 4.78 is 23.3. The van der Waals surface area contributed by atoms with E-state index in [-0.39, 0.29) is 11.8 Å². The van der Waals surface area contributed by atoms with Crippen LogP contribution in [0.15, 0.2) is 23.1 Å². The Balaban J connectivity index is 3.61. The van der Waals surface area contributed by atoms with Gasteiger partial charge in [-0.05, 0) is 23.0 Å². The van der Waals surface area contributed by atoms with E-state index in [1.54, 1.807) is 0 Å². The van der Waals surface area contributed by atoms with E-state index in [0.29, 0.717) is 4.90 Å². The Labute approximate surface area is 97.7 Å². The molecule has 0 fully saturated rings. The molecule has 3 nitrogen and oxygen atoms in total. The first-order valence-electron chi connectivity index (χ1n) is 5.40. The average Bonchev–Trinajstić information content (AvgIpc) is 2.15. The molecular weight excluding hydrogens is 222 g/mol. The Bertz CT molecular complexity index is 450. The lowest BCUT2D eigenvalue weighted by atomic mass is 9.95. The molecule has 0 radical (unpaired) electrons. The minimum atomic E-state index is -3.65. The summed E-state index contributed by atoms with van der Waals surface area (Å²) in [6, 6.07) is 5.55. The summed E-state index contributed by atoms with van der Waals surface area (Å²) in [6.07, 6.45) is 0. The molecule has 1 rings (SSSR count). The fraction of sp³-hybridized carbons (Fsp3) is 0.500. The zero-order valence-corrected chi connectivity index (χ0v) is 11.0. The van der Waals surface area contributed by atoms with E-state index in [1.165, 1.54) is 0 Å². The topological polar surface area (TPSA) is 60.2 Å². The van der Waals surface area contributed by atoms with Gasteiger partial charge in [-0.3, -0.25) is 0 Å². The van der Waals surface area contributed by atoms with Crippen molar-refractivity contribution >= 4 is 10.0 Å². The van der Waals surface area contributed by atoms with Crippen LogP contribution in [0.2, 0.25) is 0 Å². The van der Waals surface area contributed by atoms with Crippen molar-refractivity contribution in [3.63, 3.8) is 0 Å². The first-order valence-corrected chi connectivity index (χ1v) is 6.95. The Morgan fingerprint density at radius 3 is 1.62 bits per heavy atom.